The van der Waals surface area contributed by atoms with Crippen molar-refractivity contribution in [2.45, 2.75) is 45.7 Å². The Morgan fingerprint density at radius 1 is 1.29 bits per heavy atom. The zero-order valence-electron chi connectivity index (χ0n) is 11.2. The van der Waals surface area contributed by atoms with E-state index in [2.05, 4.69) is 49.9 Å². The molecule has 1 aliphatic rings. The van der Waals surface area contributed by atoms with Gasteiger partial charge < -0.3 is 10.6 Å². The number of para-hydroxylation sites is 1. The summed E-state index contributed by atoms with van der Waals surface area (Å²) < 4.78 is 0. The minimum absolute atomic E-state index is 0.109. The van der Waals surface area contributed by atoms with Gasteiger partial charge in [-0.2, -0.15) is 0 Å². The quantitative estimate of drug-likeness (QED) is 0.847. The second-order valence-corrected chi connectivity index (χ2v) is 5.52. The predicted molar refractivity (Wildman–Crippen MR) is 74.3 cm³/mol. The van der Waals surface area contributed by atoms with Crippen LogP contribution in [0.1, 0.15) is 45.2 Å². The third-order valence-electron chi connectivity index (χ3n) is 3.88. The third-order valence-corrected chi connectivity index (χ3v) is 3.88. The van der Waals surface area contributed by atoms with E-state index in [1.165, 1.54) is 24.1 Å². The van der Waals surface area contributed by atoms with Crippen LogP contribution in [-0.2, 0) is 0 Å². The molecule has 3 atom stereocenters. The molecule has 1 fully saturated rings. The summed E-state index contributed by atoms with van der Waals surface area (Å²) in [5, 5.41) is 0. The lowest BCUT2D eigenvalue weighted by Gasteiger charge is -2.39. The molecule has 1 saturated heterocycles. The van der Waals surface area contributed by atoms with E-state index >= 15 is 0 Å². The van der Waals surface area contributed by atoms with Gasteiger partial charge >= 0.3 is 0 Å². The number of anilines is 1. The summed E-state index contributed by atoms with van der Waals surface area (Å²) in [5.41, 5.74) is 8.67. The Morgan fingerprint density at radius 3 is 2.65 bits per heavy atom. The second kappa shape index (κ2) is 5.09. The highest BCUT2D eigenvalue weighted by Gasteiger charge is 2.24. The number of rotatable bonds is 2. The van der Waals surface area contributed by atoms with Crippen LogP contribution in [0.25, 0.3) is 0 Å². The van der Waals surface area contributed by atoms with Crippen molar-refractivity contribution in [3.05, 3.63) is 29.8 Å². The number of hydrogen-bond acceptors (Lipinski definition) is 2. The minimum Gasteiger partial charge on any atom is -0.369 e. The van der Waals surface area contributed by atoms with Gasteiger partial charge in [0.1, 0.15) is 0 Å². The molecule has 0 radical (unpaired) electrons. The lowest BCUT2D eigenvalue weighted by Crippen LogP contribution is -2.41. The molecule has 2 nitrogen and oxygen atoms in total. The van der Waals surface area contributed by atoms with E-state index in [9.17, 15) is 0 Å². The van der Waals surface area contributed by atoms with Crippen molar-refractivity contribution in [3.8, 4) is 0 Å². The Morgan fingerprint density at radius 2 is 2.00 bits per heavy atom. The average molecular weight is 232 g/mol. The average Bonchev–Trinajstić information content (AvgIpc) is 2.29. The maximum Gasteiger partial charge on any atom is 0.0416 e. The van der Waals surface area contributed by atoms with E-state index in [4.69, 9.17) is 5.73 Å². The highest BCUT2D eigenvalue weighted by molar-refractivity contribution is 5.55. The smallest absolute Gasteiger partial charge is 0.0416 e. The largest absolute Gasteiger partial charge is 0.369 e. The Labute approximate surface area is 105 Å². The highest BCUT2D eigenvalue weighted by atomic mass is 15.2. The standard InChI is InChI=1S/C15H24N2/c1-11-8-9-17(12(2)10-11)15-7-5-4-6-14(15)13(3)16/h4-7,11-13H,8-10,16H2,1-3H3/t11?,12?,13-/m0/s1. The Balaban J connectivity index is 2.27. The zero-order valence-corrected chi connectivity index (χ0v) is 11.2. The molecule has 1 heterocycles. The summed E-state index contributed by atoms with van der Waals surface area (Å²) in [6, 6.07) is 9.30. The molecule has 1 aromatic carbocycles. The summed E-state index contributed by atoms with van der Waals surface area (Å²) in [4.78, 5) is 2.53. The molecule has 0 aliphatic carbocycles. The van der Waals surface area contributed by atoms with Gasteiger partial charge in [0.05, 0.1) is 0 Å². The first-order valence-electron chi connectivity index (χ1n) is 6.70. The second-order valence-electron chi connectivity index (χ2n) is 5.52. The van der Waals surface area contributed by atoms with Crippen LogP contribution in [0.15, 0.2) is 24.3 Å². The van der Waals surface area contributed by atoms with E-state index < -0.39 is 0 Å². The molecular formula is C15H24N2. The van der Waals surface area contributed by atoms with E-state index in [1.54, 1.807) is 0 Å². The fourth-order valence-corrected chi connectivity index (χ4v) is 2.90. The number of benzene rings is 1. The summed E-state index contributed by atoms with van der Waals surface area (Å²) >= 11 is 0. The van der Waals surface area contributed by atoms with E-state index in [0.717, 1.165) is 12.5 Å². The van der Waals surface area contributed by atoms with Gasteiger partial charge in [0, 0.05) is 24.3 Å². The highest BCUT2D eigenvalue weighted by Crippen LogP contribution is 2.32. The Kier molecular flexibility index (Phi) is 3.72. The summed E-state index contributed by atoms with van der Waals surface area (Å²) in [6.07, 6.45) is 2.57. The van der Waals surface area contributed by atoms with Crippen LogP contribution in [0.2, 0.25) is 0 Å². The zero-order chi connectivity index (χ0) is 12.4. The minimum atomic E-state index is 0.109. The molecule has 94 valence electrons. The molecule has 0 aromatic heterocycles. The number of hydrogen-bond donors (Lipinski definition) is 1. The van der Waals surface area contributed by atoms with Gasteiger partial charge in [-0.25, -0.2) is 0 Å². The molecule has 1 aliphatic heterocycles. The summed E-state index contributed by atoms with van der Waals surface area (Å²) in [5.74, 6) is 0.851. The Hall–Kier alpha value is -1.02. The molecule has 0 amide bonds. The van der Waals surface area contributed by atoms with Crippen molar-refractivity contribution in [1.29, 1.82) is 0 Å². The molecular weight excluding hydrogens is 208 g/mol. The molecule has 2 rings (SSSR count). The van der Waals surface area contributed by atoms with Gasteiger partial charge in [0.25, 0.3) is 0 Å². The summed E-state index contributed by atoms with van der Waals surface area (Å²) in [7, 11) is 0. The summed E-state index contributed by atoms with van der Waals surface area (Å²) in [6.45, 7) is 7.90. The lowest BCUT2D eigenvalue weighted by atomic mass is 9.92. The normalized spacial score (nSPS) is 26.9. The van der Waals surface area contributed by atoms with Crippen LogP contribution < -0.4 is 10.6 Å². The van der Waals surface area contributed by atoms with Gasteiger partial charge in [0.15, 0.2) is 0 Å². The number of nitrogens with zero attached hydrogens (tertiary/aromatic N) is 1. The molecule has 0 saturated carbocycles. The fourth-order valence-electron chi connectivity index (χ4n) is 2.90. The Bertz CT molecular complexity index is 373. The van der Waals surface area contributed by atoms with E-state index in [-0.39, 0.29) is 6.04 Å². The van der Waals surface area contributed by atoms with Crippen molar-refractivity contribution in [1.82, 2.24) is 0 Å². The SMILES string of the molecule is CC1CCN(c2ccccc2[C@H](C)N)C(C)C1. The van der Waals surface area contributed by atoms with Gasteiger partial charge in [-0.1, -0.05) is 25.1 Å². The molecule has 0 spiro atoms. The van der Waals surface area contributed by atoms with Crippen molar-refractivity contribution in [2.75, 3.05) is 11.4 Å². The first-order chi connectivity index (χ1) is 8.09. The predicted octanol–water partition coefficient (Wildman–Crippen LogP) is 3.33. The number of piperidine rings is 1. The van der Waals surface area contributed by atoms with E-state index in [1.807, 2.05) is 0 Å². The van der Waals surface area contributed by atoms with Gasteiger partial charge in [-0.15, -0.1) is 0 Å². The maximum atomic E-state index is 6.07. The van der Waals surface area contributed by atoms with Crippen molar-refractivity contribution >= 4 is 5.69 Å². The monoisotopic (exact) mass is 232 g/mol. The van der Waals surface area contributed by atoms with Crippen LogP contribution in [0, 0.1) is 5.92 Å². The van der Waals surface area contributed by atoms with Crippen molar-refractivity contribution in [2.24, 2.45) is 11.7 Å². The molecule has 17 heavy (non-hydrogen) atoms. The topological polar surface area (TPSA) is 29.3 Å². The molecule has 2 N–H and O–H groups in total. The van der Waals surface area contributed by atoms with Crippen LogP contribution in [0.4, 0.5) is 5.69 Å². The lowest BCUT2D eigenvalue weighted by molar-refractivity contribution is 0.377. The van der Waals surface area contributed by atoms with Gasteiger partial charge in [-0.05, 0) is 44.2 Å². The maximum absolute atomic E-state index is 6.07. The van der Waals surface area contributed by atoms with Gasteiger partial charge in [-0.3, -0.25) is 0 Å². The first-order valence-corrected chi connectivity index (χ1v) is 6.70. The van der Waals surface area contributed by atoms with Gasteiger partial charge in [0.2, 0.25) is 0 Å². The fraction of sp³-hybridized carbons (Fsp3) is 0.600. The van der Waals surface area contributed by atoms with Crippen molar-refractivity contribution < 1.29 is 0 Å². The molecule has 2 unspecified atom stereocenters. The van der Waals surface area contributed by atoms with Crippen LogP contribution >= 0.6 is 0 Å². The number of nitrogens with two attached hydrogens (primary N) is 1. The molecule has 0 bridgehead atoms. The van der Waals surface area contributed by atoms with Crippen LogP contribution in [0.5, 0.6) is 0 Å². The van der Waals surface area contributed by atoms with E-state index in [0.29, 0.717) is 6.04 Å². The molecule has 2 heteroatoms. The van der Waals surface area contributed by atoms with Crippen LogP contribution in [-0.4, -0.2) is 12.6 Å². The third kappa shape index (κ3) is 2.63. The first kappa shape index (κ1) is 12.4. The molecule has 1 aromatic rings. The van der Waals surface area contributed by atoms with Crippen LogP contribution in [0.3, 0.4) is 0 Å². The van der Waals surface area contributed by atoms with Crippen molar-refractivity contribution in [3.63, 3.8) is 0 Å².